The Morgan fingerprint density at radius 1 is 0.682 bits per heavy atom. The Labute approximate surface area is 140 Å². The maximum absolute atomic E-state index is 6.82. The highest BCUT2D eigenvalue weighted by atomic mass is 16.5. The van der Waals surface area contributed by atoms with Crippen LogP contribution in [0.1, 0.15) is 69.2 Å². The first-order chi connectivity index (χ1) is 10.1. The van der Waals surface area contributed by atoms with Crippen LogP contribution in [0.5, 0.6) is 0 Å². The number of hydrogen-bond donors (Lipinski definition) is 0. The third kappa shape index (κ3) is 4.47. The molecule has 0 amide bonds. The van der Waals surface area contributed by atoms with E-state index in [0.717, 1.165) is 0 Å². The van der Waals surface area contributed by atoms with Crippen LogP contribution in [0.4, 0.5) is 0 Å². The van der Waals surface area contributed by atoms with Crippen molar-refractivity contribution in [1.29, 1.82) is 0 Å². The Hall–Kier alpha value is -0.0800. The van der Waals surface area contributed by atoms with Gasteiger partial charge in [-0.05, 0) is 37.5 Å². The average Bonchev–Trinajstić information content (AvgIpc) is 2.55. The molecule has 0 aromatic rings. The van der Waals surface area contributed by atoms with Crippen LogP contribution in [0.3, 0.4) is 0 Å². The number of ether oxygens (including phenoxy) is 1. The van der Waals surface area contributed by atoms with Gasteiger partial charge >= 0.3 is 0 Å². The lowest BCUT2D eigenvalue weighted by Gasteiger charge is -2.41. The molecule has 0 spiro atoms. The summed E-state index contributed by atoms with van der Waals surface area (Å²) < 4.78 is 6.82. The summed E-state index contributed by atoms with van der Waals surface area (Å²) in [5.41, 5.74) is 0. The molecule has 1 fully saturated rings. The summed E-state index contributed by atoms with van der Waals surface area (Å²) >= 11 is 0. The third-order valence-electron chi connectivity index (χ3n) is 5.39. The molecule has 1 aliphatic heterocycles. The second-order valence-corrected chi connectivity index (χ2v) is 8.99. The van der Waals surface area contributed by atoms with Gasteiger partial charge in [-0.15, -0.1) is 0 Å². The molecule has 1 aliphatic rings. The summed E-state index contributed by atoms with van der Waals surface area (Å²) in [6, 6.07) is 1.09. The van der Waals surface area contributed by atoms with Crippen molar-refractivity contribution in [1.82, 2.24) is 4.90 Å². The van der Waals surface area contributed by atoms with E-state index in [4.69, 9.17) is 4.74 Å². The van der Waals surface area contributed by atoms with Crippen LogP contribution >= 0.6 is 0 Å². The van der Waals surface area contributed by atoms with Gasteiger partial charge < -0.3 is 4.74 Å². The van der Waals surface area contributed by atoms with Crippen LogP contribution in [0, 0.1) is 29.6 Å². The molecule has 0 bridgehead atoms. The lowest BCUT2D eigenvalue weighted by molar-refractivity contribution is -0.0983. The molecule has 0 aliphatic carbocycles. The predicted molar refractivity (Wildman–Crippen MR) is 97.1 cm³/mol. The molecule has 22 heavy (non-hydrogen) atoms. The molecule has 1 saturated heterocycles. The van der Waals surface area contributed by atoms with E-state index in [1.54, 1.807) is 0 Å². The molecule has 4 unspecified atom stereocenters. The second-order valence-electron chi connectivity index (χ2n) is 8.99. The molecule has 4 atom stereocenters. The zero-order chi connectivity index (χ0) is 17.2. The summed E-state index contributed by atoms with van der Waals surface area (Å²) in [6.45, 7) is 24.6. The third-order valence-corrected chi connectivity index (χ3v) is 5.39. The van der Waals surface area contributed by atoms with Gasteiger partial charge in [-0.1, -0.05) is 55.4 Å². The summed E-state index contributed by atoms with van der Waals surface area (Å²) in [4.78, 5) is 2.74. The van der Waals surface area contributed by atoms with E-state index in [-0.39, 0.29) is 0 Å². The van der Waals surface area contributed by atoms with Gasteiger partial charge in [-0.25, -0.2) is 0 Å². The highest BCUT2D eigenvalue weighted by molar-refractivity contribution is 4.94. The Balaban J connectivity index is 3.27. The highest BCUT2D eigenvalue weighted by Gasteiger charge is 2.43. The van der Waals surface area contributed by atoms with E-state index in [0.29, 0.717) is 53.9 Å². The monoisotopic (exact) mass is 311 g/mol. The van der Waals surface area contributed by atoms with E-state index >= 15 is 0 Å². The minimum Gasteiger partial charge on any atom is -0.372 e. The van der Waals surface area contributed by atoms with Crippen molar-refractivity contribution in [3.8, 4) is 0 Å². The van der Waals surface area contributed by atoms with Gasteiger partial charge in [0.1, 0.15) is 0 Å². The number of nitrogens with zero attached hydrogens (tertiary/aromatic N) is 1. The first-order valence-electron chi connectivity index (χ1n) is 9.49. The van der Waals surface area contributed by atoms with Crippen LogP contribution in [0.2, 0.25) is 0 Å². The quantitative estimate of drug-likeness (QED) is 0.702. The first kappa shape index (κ1) is 20.0. The van der Waals surface area contributed by atoms with Crippen LogP contribution in [-0.4, -0.2) is 35.7 Å². The molecule has 0 saturated carbocycles. The molecule has 0 aromatic carbocycles. The molecule has 132 valence electrons. The number of rotatable bonds is 5. The van der Waals surface area contributed by atoms with Gasteiger partial charge in [-0.3, -0.25) is 4.90 Å². The van der Waals surface area contributed by atoms with Crippen LogP contribution in [0.15, 0.2) is 0 Å². The lowest BCUT2D eigenvalue weighted by atomic mass is 9.84. The molecule has 1 heterocycles. The summed E-state index contributed by atoms with van der Waals surface area (Å²) in [5.74, 6) is 3.03. The maximum Gasteiger partial charge on any atom is 0.0759 e. The molecule has 2 heteroatoms. The molecule has 0 aromatic heterocycles. The normalized spacial score (nSPS) is 31.8. The van der Waals surface area contributed by atoms with Crippen molar-refractivity contribution in [3.63, 3.8) is 0 Å². The summed E-state index contributed by atoms with van der Waals surface area (Å²) in [6.07, 6.45) is 0.705. The standard InChI is InChI=1S/C20H41NO/c1-12(2)17-11-21(16(9)10)18(13(3)4)20(15(7)8)22-19(17)14(5)6/h12-20H,11H2,1-10H3. The lowest BCUT2D eigenvalue weighted by Crippen LogP contribution is -2.52. The molecule has 2 nitrogen and oxygen atoms in total. The van der Waals surface area contributed by atoms with E-state index in [9.17, 15) is 0 Å². The fraction of sp³-hybridized carbons (Fsp3) is 1.00. The maximum atomic E-state index is 6.82. The Bertz CT molecular complexity index is 294. The largest absolute Gasteiger partial charge is 0.372 e. The van der Waals surface area contributed by atoms with Crippen molar-refractivity contribution < 1.29 is 4.74 Å². The predicted octanol–water partition coefficient (Wildman–Crippen LogP) is 5.07. The van der Waals surface area contributed by atoms with Gasteiger partial charge in [0.05, 0.1) is 12.2 Å². The molecule has 0 radical (unpaired) electrons. The van der Waals surface area contributed by atoms with E-state index < -0.39 is 0 Å². The van der Waals surface area contributed by atoms with Crippen LogP contribution in [0.25, 0.3) is 0 Å². The smallest absolute Gasteiger partial charge is 0.0759 e. The van der Waals surface area contributed by atoms with Gasteiger partial charge in [0.2, 0.25) is 0 Å². The zero-order valence-electron chi connectivity index (χ0n) is 16.8. The summed E-state index contributed by atoms with van der Waals surface area (Å²) in [7, 11) is 0. The Morgan fingerprint density at radius 3 is 1.50 bits per heavy atom. The van der Waals surface area contributed by atoms with Gasteiger partial charge in [-0.2, -0.15) is 0 Å². The second kappa shape index (κ2) is 8.15. The Morgan fingerprint density at radius 2 is 1.18 bits per heavy atom. The van der Waals surface area contributed by atoms with Crippen LogP contribution in [-0.2, 0) is 4.74 Å². The highest BCUT2D eigenvalue weighted by Crippen LogP contribution is 2.36. The fourth-order valence-corrected chi connectivity index (χ4v) is 4.13. The first-order valence-corrected chi connectivity index (χ1v) is 9.49. The Kier molecular flexibility index (Phi) is 7.39. The molecular formula is C20H41NO. The molecular weight excluding hydrogens is 270 g/mol. The topological polar surface area (TPSA) is 12.5 Å². The minimum atomic E-state index is 0.332. The van der Waals surface area contributed by atoms with Gasteiger partial charge in [0, 0.05) is 24.5 Å². The van der Waals surface area contributed by atoms with E-state index in [2.05, 4.69) is 74.1 Å². The van der Waals surface area contributed by atoms with Crippen molar-refractivity contribution in [2.24, 2.45) is 29.6 Å². The average molecular weight is 312 g/mol. The van der Waals surface area contributed by atoms with Crippen molar-refractivity contribution in [2.75, 3.05) is 6.54 Å². The van der Waals surface area contributed by atoms with Crippen molar-refractivity contribution in [2.45, 2.75) is 93.5 Å². The minimum absolute atomic E-state index is 0.332. The van der Waals surface area contributed by atoms with Crippen molar-refractivity contribution in [3.05, 3.63) is 0 Å². The zero-order valence-corrected chi connectivity index (χ0v) is 16.8. The van der Waals surface area contributed by atoms with E-state index in [1.165, 1.54) is 6.54 Å². The fourth-order valence-electron chi connectivity index (χ4n) is 4.13. The van der Waals surface area contributed by atoms with E-state index in [1.807, 2.05) is 0 Å². The molecule has 1 rings (SSSR count). The van der Waals surface area contributed by atoms with Gasteiger partial charge in [0.15, 0.2) is 0 Å². The molecule has 0 N–H and O–H groups in total. The van der Waals surface area contributed by atoms with Crippen LogP contribution < -0.4 is 0 Å². The number of hydrogen-bond acceptors (Lipinski definition) is 2. The SMILES string of the molecule is CC(C)C1CN(C(C)C)C(C(C)C)C(C(C)C)OC1C(C)C. The van der Waals surface area contributed by atoms with Crippen molar-refractivity contribution >= 4 is 0 Å². The van der Waals surface area contributed by atoms with Gasteiger partial charge in [0.25, 0.3) is 0 Å². The summed E-state index contributed by atoms with van der Waals surface area (Å²) in [5, 5.41) is 0.